The van der Waals surface area contributed by atoms with Crippen LogP contribution in [0, 0.1) is 10.8 Å². The molecular formula is C67H96O16S. The van der Waals surface area contributed by atoms with E-state index in [1.165, 1.54) is 45.1 Å². The highest BCUT2D eigenvalue weighted by molar-refractivity contribution is 8.14. The first-order valence-electron chi connectivity index (χ1n) is 29.4. The highest BCUT2D eigenvalue weighted by atomic mass is 32.2. The van der Waals surface area contributed by atoms with Gasteiger partial charge in [0.05, 0.1) is 75.8 Å². The van der Waals surface area contributed by atoms with Gasteiger partial charge in [0.25, 0.3) is 0 Å². The first kappa shape index (κ1) is 69.8. The molecule has 0 amide bonds. The molecule has 84 heavy (non-hydrogen) atoms. The van der Waals surface area contributed by atoms with Gasteiger partial charge in [-0.15, -0.1) is 0 Å². The molecular weight excluding hydrogens is 1090 g/mol. The zero-order chi connectivity index (χ0) is 61.9. The number of thioether (sulfide) groups is 1. The van der Waals surface area contributed by atoms with E-state index in [4.69, 9.17) is 52.1 Å². The van der Waals surface area contributed by atoms with Gasteiger partial charge < -0.3 is 57.2 Å². The van der Waals surface area contributed by atoms with E-state index in [-0.39, 0.29) is 48.9 Å². The van der Waals surface area contributed by atoms with Crippen LogP contribution in [0.1, 0.15) is 151 Å². The number of aliphatic hydroxyl groups excluding tert-OH is 1. The number of esters is 3. The minimum Gasteiger partial charge on any atom is -0.497 e. The van der Waals surface area contributed by atoms with Gasteiger partial charge in [-0.2, -0.15) is 0 Å². The van der Waals surface area contributed by atoms with E-state index in [0.29, 0.717) is 43.6 Å². The summed E-state index contributed by atoms with van der Waals surface area (Å²) in [5.41, 5.74) is 0.439. The second kappa shape index (κ2) is 32.2. The number of carbonyl (C=O) groups excluding carboxylic acids is 4. The molecule has 0 bridgehead atoms. The van der Waals surface area contributed by atoms with Gasteiger partial charge in [-0.25, -0.2) is 9.59 Å². The Labute approximate surface area is 504 Å². The Morgan fingerprint density at radius 1 is 0.845 bits per heavy atom. The smallest absolute Gasteiger partial charge is 0.331 e. The third-order valence-corrected chi connectivity index (χ3v) is 17.0. The van der Waals surface area contributed by atoms with Crippen molar-refractivity contribution >= 4 is 34.8 Å². The second-order valence-electron chi connectivity index (χ2n) is 24.7. The molecule has 3 heterocycles. The maximum absolute atomic E-state index is 14.0. The van der Waals surface area contributed by atoms with Gasteiger partial charge >= 0.3 is 17.9 Å². The van der Waals surface area contributed by atoms with Crippen molar-refractivity contribution in [2.24, 2.45) is 10.8 Å². The van der Waals surface area contributed by atoms with Crippen LogP contribution in [0.15, 0.2) is 115 Å². The van der Waals surface area contributed by atoms with E-state index < -0.39 is 95.1 Å². The number of rotatable bonds is 29. The third kappa shape index (κ3) is 20.6. The standard InChI is InChI=1S/C67H96O16S/c1-16-17-18-19-23-26-59(70)81-62-50(36-60(71)74-14)35-54(39-57(77-43-49-27-29-52(73-13)30-28-49)46(3)78-44-76-42-48-24-21-20-22-25-48)83-67(62,75-15)64(8,9)32-31-53-33-45(2)34-56(80-53)41-66(12)65(10,11)58(79-47(4)68)40-55(82-66)37-51(69)38-61(72)84-63(5,6)7/h18-32,36,46,51,53-58,62,69H,2,16-17,33-35,37-44H2,1,3-15H3/b19-18+,26-23+,32-31+,50-36+/t46-,51-,53+,54+,55-,56+,57-,58+,62+,66-,67-/m1/s1. The fraction of sp³-hybridized carbons (Fsp3) is 0.612. The molecule has 0 radical (unpaired) electrons. The Bertz CT molecular complexity index is 2570. The van der Waals surface area contributed by atoms with Crippen LogP contribution in [0.5, 0.6) is 5.75 Å². The van der Waals surface area contributed by atoms with Crippen LogP contribution in [0.3, 0.4) is 0 Å². The van der Waals surface area contributed by atoms with Gasteiger partial charge in [-0.1, -0.05) is 159 Å². The van der Waals surface area contributed by atoms with E-state index in [9.17, 15) is 24.3 Å². The van der Waals surface area contributed by atoms with Gasteiger partial charge in [0.2, 0.25) is 5.79 Å². The van der Waals surface area contributed by atoms with Crippen molar-refractivity contribution < 1.29 is 76.4 Å². The summed E-state index contributed by atoms with van der Waals surface area (Å²) >= 11 is 1.20. The predicted octanol–water partition coefficient (Wildman–Crippen LogP) is 12.4. The van der Waals surface area contributed by atoms with Gasteiger partial charge in [0.15, 0.2) is 11.2 Å². The number of carbonyl (C=O) groups is 4. The molecule has 3 saturated heterocycles. The molecule has 3 aliphatic heterocycles. The molecule has 466 valence electrons. The van der Waals surface area contributed by atoms with Gasteiger partial charge in [-0.05, 0) is 68.4 Å². The Morgan fingerprint density at radius 2 is 1.55 bits per heavy atom. The topological polar surface area (TPSA) is 190 Å². The Kier molecular flexibility index (Phi) is 26.7. The normalized spacial score (nSPS) is 26.5. The molecule has 16 nitrogen and oxygen atoms in total. The lowest BCUT2D eigenvalue weighted by molar-refractivity contribution is -0.338. The lowest BCUT2D eigenvalue weighted by Crippen LogP contribution is -2.63. The third-order valence-electron chi connectivity index (χ3n) is 16.0. The second-order valence-corrected chi connectivity index (χ2v) is 26.5. The van der Waals surface area contributed by atoms with E-state index in [2.05, 4.69) is 13.5 Å². The zero-order valence-corrected chi connectivity index (χ0v) is 53.1. The summed E-state index contributed by atoms with van der Waals surface area (Å²) in [6.07, 6.45) is 9.83. The fourth-order valence-corrected chi connectivity index (χ4v) is 12.1. The Balaban J connectivity index is 1.49. The number of hydrogen-bond acceptors (Lipinski definition) is 17. The maximum Gasteiger partial charge on any atom is 0.331 e. The van der Waals surface area contributed by atoms with Crippen LogP contribution in [-0.2, 0) is 79.8 Å². The van der Waals surface area contributed by atoms with Gasteiger partial charge in [-0.3, -0.25) is 9.59 Å². The molecule has 5 rings (SSSR count). The van der Waals surface area contributed by atoms with Crippen LogP contribution in [0.4, 0.5) is 0 Å². The van der Waals surface area contributed by atoms with Crippen LogP contribution in [0.25, 0.3) is 0 Å². The van der Waals surface area contributed by atoms with Crippen molar-refractivity contribution in [1.29, 1.82) is 0 Å². The minimum atomic E-state index is -1.79. The average molecular weight is 1190 g/mol. The summed E-state index contributed by atoms with van der Waals surface area (Å²) in [5.74, 6) is -2.85. The van der Waals surface area contributed by atoms with Gasteiger partial charge in [0.1, 0.15) is 18.6 Å². The number of unbranched alkanes of at least 4 members (excludes halogenated alkanes) is 1. The molecule has 0 aliphatic carbocycles. The Morgan fingerprint density at radius 3 is 2.19 bits per heavy atom. The number of methoxy groups -OCH3 is 3. The summed E-state index contributed by atoms with van der Waals surface area (Å²) in [7, 11) is 4.39. The molecule has 2 aromatic rings. The first-order valence-corrected chi connectivity index (χ1v) is 30.3. The largest absolute Gasteiger partial charge is 0.497 e. The lowest BCUT2D eigenvalue weighted by Gasteiger charge is -2.55. The molecule has 0 aromatic heterocycles. The summed E-state index contributed by atoms with van der Waals surface area (Å²) in [5, 5.41) is 11.1. The number of allylic oxidation sites excluding steroid dienone is 3. The number of hydrogen-bond donors (Lipinski definition) is 1. The molecule has 0 unspecified atom stereocenters. The van der Waals surface area contributed by atoms with Crippen LogP contribution in [-0.4, -0.2) is 127 Å². The van der Waals surface area contributed by atoms with Gasteiger partial charge in [0, 0.05) is 73.9 Å². The average Bonchev–Trinajstić information content (AvgIpc) is 1.53. The van der Waals surface area contributed by atoms with E-state index in [1.54, 1.807) is 19.3 Å². The molecule has 2 aromatic carbocycles. The summed E-state index contributed by atoms with van der Waals surface area (Å²) in [4.78, 5) is 52.9. The molecule has 0 saturated carbocycles. The van der Waals surface area contributed by atoms with Crippen LogP contribution in [0.2, 0.25) is 0 Å². The first-order chi connectivity index (χ1) is 39.6. The van der Waals surface area contributed by atoms with E-state index >= 15 is 0 Å². The molecule has 17 heteroatoms. The molecule has 1 N–H and O–H groups in total. The van der Waals surface area contributed by atoms with Crippen molar-refractivity contribution in [1.82, 2.24) is 0 Å². The number of aliphatic hydroxyl groups is 1. The van der Waals surface area contributed by atoms with Crippen LogP contribution >= 0.6 is 11.8 Å². The summed E-state index contributed by atoms with van der Waals surface area (Å²) in [6, 6.07) is 17.4. The van der Waals surface area contributed by atoms with Crippen molar-refractivity contribution in [3.05, 3.63) is 126 Å². The van der Waals surface area contributed by atoms with Crippen molar-refractivity contribution in [2.45, 2.75) is 225 Å². The molecule has 0 spiro atoms. The van der Waals surface area contributed by atoms with Crippen molar-refractivity contribution in [2.75, 3.05) is 28.1 Å². The SMILES string of the molecule is C=C1C[C@@H](C[C@@]2(C)O[C@H](C[C@@H](O)CC(=O)SC(C)(C)C)C[C@H](OC(C)=O)C2(C)C)O[C@@H](/C=C/C(C)(C)[C@]2(OC)O[C@H](C[C@@H](OCc3ccc(OC)cc3)[C@@H](C)OCOCc3ccccc3)C/C(=C\C(=O)OC)[C@@H]2OC(=O)/C=C/C=C/CCC)C1. The molecule has 3 aliphatic rings. The summed E-state index contributed by atoms with van der Waals surface area (Å²) < 4.78 is 69.5. The summed E-state index contributed by atoms with van der Waals surface area (Å²) in [6.45, 7) is 26.1. The van der Waals surface area contributed by atoms with Crippen molar-refractivity contribution in [3.63, 3.8) is 0 Å². The maximum atomic E-state index is 14.0. The van der Waals surface area contributed by atoms with E-state index in [0.717, 1.165) is 29.5 Å². The quantitative estimate of drug-likeness (QED) is 0.0154. The van der Waals surface area contributed by atoms with E-state index in [1.807, 2.05) is 135 Å². The van der Waals surface area contributed by atoms with Crippen LogP contribution < -0.4 is 4.74 Å². The zero-order valence-electron chi connectivity index (χ0n) is 52.3. The number of ether oxygens (including phenoxy) is 11. The highest BCUT2D eigenvalue weighted by Gasteiger charge is 2.60. The predicted molar refractivity (Wildman–Crippen MR) is 325 cm³/mol. The molecule has 11 atom stereocenters. The number of benzene rings is 2. The van der Waals surface area contributed by atoms with Crippen molar-refractivity contribution in [3.8, 4) is 5.75 Å². The monoisotopic (exact) mass is 1190 g/mol. The molecule has 3 fully saturated rings. The highest BCUT2D eigenvalue weighted by Crippen LogP contribution is 2.52. The fourth-order valence-electron chi connectivity index (χ4n) is 11.1. The lowest BCUT2D eigenvalue weighted by atomic mass is 9.65. The minimum absolute atomic E-state index is 0.0168. The Hall–Kier alpha value is -4.95.